The third-order valence-corrected chi connectivity index (χ3v) is 6.26. The second kappa shape index (κ2) is 5.94. The van der Waals surface area contributed by atoms with Crippen molar-refractivity contribution in [3.8, 4) is 0 Å². The van der Waals surface area contributed by atoms with Crippen molar-refractivity contribution in [2.24, 2.45) is 11.8 Å². The molecule has 4 heterocycles. The summed E-state index contributed by atoms with van der Waals surface area (Å²) >= 11 is 0. The van der Waals surface area contributed by atoms with Crippen LogP contribution in [0, 0.1) is 18.8 Å². The van der Waals surface area contributed by atoms with E-state index in [1.807, 2.05) is 16.7 Å². The van der Waals surface area contributed by atoms with E-state index in [0.29, 0.717) is 31.9 Å². The van der Waals surface area contributed by atoms with Gasteiger partial charge in [-0.15, -0.1) is 0 Å². The van der Waals surface area contributed by atoms with Gasteiger partial charge in [-0.1, -0.05) is 0 Å². The van der Waals surface area contributed by atoms with Crippen LogP contribution in [0.3, 0.4) is 0 Å². The lowest BCUT2D eigenvalue weighted by Crippen LogP contribution is -2.51. The zero-order chi connectivity index (χ0) is 18.6. The van der Waals surface area contributed by atoms with Crippen LogP contribution in [0.25, 0.3) is 0 Å². The van der Waals surface area contributed by atoms with E-state index in [1.54, 1.807) is 12.1 Å². The van der Waals surface area contributed by atoms with Crippen LogP contribution in [0.4, 0.5) is 0 Å². The fourth-order valence-electron chi connectivity index (χ4n) is 4.61. The highest BCUT2D eigenvalue weighted by molar-refractivity contribution is 5.91. The minimum absolute atomic E-state index is 0.0910. The molecule has 5 rings (SSSR count). The molecule has 3 fully saturated rings. The van der Waals surface area contributed by atoms with Crippen molar-refractivity contribution >= 4 is 11.8 Å². The van der Waals surface area contributed by atoms with Gasteiger partial charge in [-0.3, -0.25) is 14.7 Å². The highest BCUT2D eigenvalue weighted by Gasteiger charge is 2.55. The number of aromatic nitrogens is 3. The second-order valence-electron chi connectivity index (χ2n) is 8.07. The summed E-state index contributed by atoms with van der Waals surface area (Å²) in [4.78, 5) is 33.9. The SMILES string of the molecule is Cc1nc([C@@]23CCN(C(=O)c4ccco4)C[C@@H]2CN(C(=O)C2CC2)C3)n[nH]1. The largest absolute Gasteiger partial charge is 0.459 e. The van der Waals surface area contributed by atoms with E-state index in [1.165, 1.54) is 6.26 Å². The summed E-state index contributed by atoms with van der Waals surface area (Å²) in [6.07, 6.45) is 4.26. The number of aromatic amines is 1. The molecule has 2 atom stereocenters. The molecule has 0 radical (unpaired) electrons. The molecule has 2 saturated heterocycles. The van der Waals surface area contributed by atoms with Gasteiger partial charge in [0.1, 0.15) is 5.82 Å². The van der Waals surface area contributed by atoms with Crippen molar-refractivity contribution in [2.45, 2.75) is 31.6 Å². The van der Waals surface area contributed by atoms with E-state index in [4.69, 9.17) is 4.42 Å². The molecular formula is C19H23N5O3. The van der Waals surface area contributed by atoms with E-state index >= 15 is 0 Å². The average molecular weight is 369 g/mol. The van der Waals surface area contributed by atoms with Gasteiger partial charge in [0, 0.05) is 38.0 Å². The summed E-state index contributed by atoms with van der Waals surface area (Å²) in [6.45, 7) is 4.38. The standard InChI is InChI=1S/C19H23N5O3/c1-12-20-18(22-21-12)19-6-7-23(17(26)15-3-2-8-27-15)9-14(19)10-24(11-19)16(25)13-4-5-13/h2-3,8,13-14H,4-7,9-11H2,1H3,(H,20,21,22)/t14-,19-/m1/s1. The van der Waals surface area contributed by atoms with E-state index in [0.717, 1.165) is 30.9 Å². The molecule has 27 heavy (non-hydrogen) atoms. The number of fused-ring (bicyclic) bond motifs is 1. The zero-order valence-corrected chi connectivity index (χ0v) is 15.4. The normalized spacial score (nSPS) is 27.7. The molecular weight excluding hydrogens is 346 g/mol. The molecule has 0 spiro atoms. The predicted molar refractivity (Wildman–Crippen MR) is 94.8 cm³/mol. The number of nitrogens with one attached hydrogen (secondary N) is 1. The molecule has 0 aromatic carbocycles. The summed E-state index contributed by atoms with van der Waals surface area (Å²) in [5, 5.41) is 7.40. The first-order valence-corrected chi connectivity index (χ1v) is 9.58. The molecule has 2 aromatic heterocycles. The van der Waals surface area contributed by atoms with Gasteiger partial charge in [0.25, 0.3) is 5.91 Å². The van der Waals surface area contributed by atoms with Crippen LogP contribution in [0.5, 0.6) is 0 Å². The number of carbonyl (C=O) groups excluding carboxylic acids is 2. The van der Waals surface area contributed by atoms with Crippen LogP contribution in [0.2, 0.25) is 0 Å². The molecule has 1 N–H and O–H groups in total. The average Bonchev–Trinajstić information content (AvgIpc) is 3.08. The van der Waals surface area contributed by atoms with Crippen LogP contribution in [0.1, 0.15) is 41.5 Å². The number of furan rings is 1. The van der Waals surface area contributed by atoms with E-state index < -0.39 is 0 Å². The Hall–Kier alpha value is -2.64. The van der Waals surface area contributed by atoms with Crippen molar-refractivity contribution in [1.82, 2.24) is 25.0 Å². The van der Waals surface area contributed by atoms with Gasteiger partial charge in [-0.25, -0.2) is 4.98 Å². The minimum atomic E-state index is -0.282. The fourth-order valence-corrected chi connectivity index (χ4v) is 4.61. The van der Waals surface area contributed by atoms with Gasteiger partial charge in [0.05, 0.1) is 11.7 Å². The topological polar surface area (TPSA) is 95.3 Å². The van der Waals surface area contributed by atoms with Crippen LogP contribution in [-0.4, -0.2) is 63.0 Å². The minimum Gasteiger partial charge on any atom is -0.459 e. The van der Waals surface area contributed by atoms with Crippen molar-refractivity contribution in [1.29, 1.82) is 0 Å². The lowest BCUT2D eigenvalue weighted by atomic mass is 9.72. The number of hydrogen-bond donors (Lipinski definition) is 1. The Morgan fingerprint density at radius 2 is 2.11 bits per heavy atom. The van der Waals surface area contributed by atoms with Crippen molar-refractivity contribution < 1.29 is 14.0 Å². The Morgan fingerprint density at radius 1 is 1.30 bits per heavy atom. The van der Waals surface area contributed by atoms with Crippen LogP contribution in [-0.2, 0) is 10.2 Å². The number of likely N-dealkylation sites (tertiary alicyclic amines) is 2. The van der Waals surface area contributed by atoms with Gasteiger partial charge in [-0.2, -0.15) is 5.10 Å². The Labute approximate surface area is 156 Å². The van der Waals surface area contributed by atoms with E-state index in [9.17, 15) is 9.59 Å². The molecule has 3 aliphatic rings. The monoisotopic (exact) mass is 369 g/mol. The molecule has 0 bridgehead atoms. The Morgan fingerprint density at radius 3 is 2.78 bits per heavy atom. The Kier molecular flexibility index (Phi) is 3.63. The Balaban J connectivity index is 1.43. The number of nitrogens with zero attached hydrogens (tertiary/aromatic N) is 4. The molecule has 1 aliphatic carbocycles. The molecule has 0 unspecified atom stereocenters. The summed E-state index contributed by atoms with van der Waals surface area (Å²) in [5.74, 6) is 2.40. The fraction of sp³-hybridized carbons (Fsp3) is 0.579. The lowest BCUT2D eigenvalue weighted by Gasteiger charge is -2.41. The summed E-state index contributed by atoms with van der Waals surface area (Å²) in [6, 6.07) is 3.42. The van der Waals surface area contributed by atoms with E-state index in [2.05, 4.69) is 15.2 Å². The molecule has 2 amide bonds. The van der Waals surface area contributed by atoms with Gasteiger partial charge < -0.3 is 14.2 Å². The molecule has 8 nitrogen and oxygen atoms in total. The van der Waals surface area contributed by atoms with Crippen molar-refractivity contribution in [2.75, 3.05) is 26.2 Å². The molecule has 8 heteroatoms. The van der Waals surface area contributed by atoms with Crippen molar-refractivity contribution in [3.63, 3.8) is 0 Å². The molecule has 2 aliphatic heterocycles. The van der Waals surface area contributed by atoms with Gasteiger partial charge >= 0.3 is 0 Å². The van der Waals surface area contributed by atoms with Crippen LogP contribution >= 0.6 is 0 Å². The first kappa shape index (κ1) is 16.5. The smallest absolute Gasteiger partial charge is 0.289 e. The van der Waals surface area contributed by atoms with Crippen molar-refractivity contribution in [3.05, 3.63) is 35.8 Å². The maximum atomic E-state index is 12.7. The maximum Gasteiger partial charge on any atom is 0.289 e. The molecule has 2 aromatic rings. The van der Waals surface area contributed by atoms with E-state index in [-0.39, 0.29) is 29.1 Å². The second-order valence-corrected chi connectivity index (χ2v) is 8.07. The number of rotatable bonds is 3. The summed E-state index contributed by atoms with van der Waals surface area (Å²) in [5.41, 5.74) is -0.282. The van der Waals surface area contributed by atoms with Gasteiger partial charge in [-0.05, 0) is 38.3 Å². The number of hydrogen-bond acceptors (Lipinski definition) is 5. The number of amides is 2. The third-order valence-electron chi connectivity index (χ3n) is 6.26. The summed E-state index contributed by atoms with van der Waals surface area (Å²) < 4.78 is 5.29. The summed E-state index contributed by atoms with van der Waals surface area (Å²) in [7, 11) is 0. The highest BCUT2D eigenvalue weighted by atomic mass is 16.3. The molecule has 142 valence electrons. The van der Waals surface area contributed by atoms with Gasteiger partial charge in [0.2, 0.25) is 5.91 Å². The first-order chi connectivity index (χ1) is 13.1. The number of carbonyl (C=O) groups is 2. The van der Waals surface area contributed by atoms with Crippen LogP contribution in [0.15, 0.2) is 22.8 Å². The first-order valence-electron chi connectivity index (χ1n) is 9.58. The number of H-pyrrole nitrogens is 1. The number of aryl methyl sites for hydroxylation is 1. The predicted octanol–water partition coefficient (Wildman–Crippen LogP) is 1.36. The quantitative estimate of drug-likeness (QED) is 0.881. The zero-order valence-electron chi connectivity index (χ0n) is 15.4. The third kappa shape index (κ3) is 2.65. The highest BCUT2D eigenvalue weighted by Crippen LogP contribution is 2.45. The molecule has 1 saturated carbocycles. The van der Waals surface area contributed by atoms with Crippen LogP contribution < -0.4 is 0 Å². The lowest BCUT2D eigenvalue weighted by molar-refractivity contribution is -0.131. The van der Waals surface area contributed by atoms with Gasteiger partial charge in [0.15, 0.2) is 11.6 Å². The Bertz CT molecular complexity index is 872. The number of piperidine rings is 1. The maximum absolute atomic E-state index is 12.7.